The molecular weight excluding hydrogens is 180 g/mol. The lowest BCUT2D eigenvalue weighted by atomic mass is 9.99. The molecule has 0 fully saturated rings. The van der Waals surface area contributed by atoms with Crippen molar-refractivity contribution in [3.05, 3.63) is 29.3 Å². The smallest absolute Gasteiger partial charge is 0.134 e. The quantitative estimate of drug-likeness (QED) is 0.536. The number of benzene rings is 1. The number of aldehydes is 2. The van der Waals surface area contributed by atoms with Crippen LogP contribution in [0.4, 0.5) is 0 Å². The predicted molar refractivity (Wildman–Crippen MR) is 52.6 cm³/mol. The Morgan fingerprint density at radius 1 is 1.29 bits per heavy atom. The summed E-state index contributed by atoms with van der Waals surface area (Å²) in [6.45, 7) is 1.90. The van der Waals surface area contributed by atoms with Gasteiger partial charge in [0.15, 0.2) is 0 Å². The Morgan fingerprint density at radius 3 is 2.43 bits per heavy atom. The average Bonchev–Trinajstić information content (AvgIpc) is 2.20. The zero-order chi connectivity index (χ0) is 10.6. The van der Waals surface area contributed by atoms with E-state index in [2.05, 4.69) is 0 Å². The molecule has 1 rings (SSSR count). The van der Waals surface area contributed by atoms with Gasteiger partial charge in [-0.15, -0.1) is 0 Å². The van der Waals surface area contributed by atoms with Crippen LogP contribution in [0.5, 0.6) is 5.75 Å². The summed E-state index contributed by atoms with van der Waals surface area (Å²) >= 11 is 0. The summed E-state index contributed by atoms with van der Waals surface area (Å²) < 4.78 is 5.07. The molecule has 0 amide bonds. The second-order valence-electron chi connectivity index (χ2n) is 3.04. The zero-order valence-corrected chi connectivity index (χ0v) is 8.19. The first-order chi connectivity index (χ1) is 6.72. The number of carbonyl (C=O) groups excluding carboxylic acids is 2. The van der Waals surface area contributed by atoms with Crippen LogP contribution in [0, 0.1) is 6.92 Å². The summed E-state index contributed by atoms with van der Waals surface area (Å²) in [5, 5.41) is 0. The van der Waals surface area contributed by atoms with Crippen LogP contribution in [-0.2, 0) is 9.59 Å². The fraction of sp³-hybridized carbons (Fsp3) is 0.273. The second-order valence-corrected chi connectivity index (χ2v) is 3.04. The fourth-order valence-corrected chi connectivity index (χ4v) is 1.29. The Labute approximate surface area is 82.7 Å². The number of aryl methyl sites for hydroxylation is 1. The maximum atomic E-state index is 10.6. The van der Waals surface area contributed by atoms with Crippen molar-refractivity contribution in [3.8, 4) is 5.75 Å². The lowest BCUT2D eigenvalue weighted by Gasteiger charge is -2.10. The van der Waals surface area contributed by atoms with Crippen LogP contribution >= 0.6 is 0 Å². The van der Waals surface area contributed by atoms with Crippen molar-refractivity contribution in [2.45, 2.75) is 12.8 Å². The van der Waals surface area contributed by atoms with Crippen LogP contribution < -0.4 is 4.74 Å². The van der Waals surface area contributed by atoms with Crippen molar-refractivity contribution >= 4 is 12.6 Å². The van der Waals surface area contributed by atoms with Crippen LogP contribution in [0.1, 0.15) is 17.0 Å². The van der Waals surface area contributed by atoms with Crippen LogP contribution in [0.15, 0.2) is 18.2 Å². The van der Waals surface area contributed by atoms with Crippen molar-refractivity contribution in [2.24, 2.45) is 0 Å². The van der Waals surface area contributed by atoms with E-state index in [1.165, 1.54) is 7.11 Å². The normalized spacial score (nSPS) is 9.93. The molecule has 0 saturated carbocycles. The molecule has 0 aromatic heterocycles. The highest BCUT2D eigenvalue weighted by Crippen LogP contribution is 2.25. The van der Waals surface area contributed by atoms with Gasteiger partial charge >= 0.3 is 0 Å². The van der Waals surface area contributed by atoms with Crippen LogP contribution in [-0.4, -0.2) is 19.7 Å². The molecule has 14 heavy (non-hydrogen) atoms. The van der Waals surface area contributed by atoms with E-state index in [-0.39, 0.29) is 0 Å². The Hall–Kier alpha value is -1.64. The maximum absolute atomic E-state index is 10.6. The topological polar surface area (TPSA) is 43.4 Å². The van der Waals surface area contributed by atoms with Gasteiger partial charge in [-0.25, -0.2) is 0 Å². The minimum Gasteiger partial charge on any atom is -0.496 e. The number of carbonyl (C=O) groups is 2. The van der Waals surface area contributed by atoms with Gasteiger partial charge in [0.05, 0.1) is 13.0 Å². The summed E-state index contributed by atoms with van der Waals surface area (Å²) in [6.07, 6.45) is 1.23. The van der Waals surface area contributed by atoms with E-state index in [4.69, 9.17) is 4.74 Å². The number of methoxy groups -OCH3 is 1. The molecule has 0 bridgehead atoms. The summed E-state index contributed by atoms with van der Waals surface area (Å²) in [4.78, 5) is 21.3. The highest BCUT2D eigenvalue weighted by atomic mass is 16.5. The van der Waals surface area contributed by atoms with E-state index >= 15 is 0 Å². The van der Waals surface area contributed by atoms with Crippen LogP contribution in [0.3, 0.4) is 0 Å². The molecule has 0 saturated heterocycles. The Morgan fingerprint density at radius 2 is 1.93 bits per heavy atom. The Kier molecular flexibility index (Phi) is 3.40. The number of rotatable bonds is 4. The van der Waals surface area contributed by atoms with Gasteiger partial charge in [0.2, 0.25) is 0 Å². The monoisotopic (exact) mass is 192 g/mol. The van der Waals surface area contributed by atoms with Gasteiger partial charge in [0.1, 0.15) is 18.3 Å². The molecule has 3 nitrogen and oxygen atoms in total. The molecule has 0 aliphatic heterocycles. The van der Waals surface area contributed by atoms with Gasteiger partial charge in [0, 0.05) is 5.56 Å². The van der Waals surface area contributed by atoms with E-state index in [0.29, 0.717) is 23.9 Å². The number of ether oxygens (including phenoxy) is 1. The molecule has 0 atom stereocenters. The fourth-order valence-electron chi connectivity index (χ4n) is 1.29. The number of hydrogen-bond donors (Lipinski definition) is 0. The molecular formula is C11H12O3. The molecule has 0 N–H and O–H groups in total. The lowest BCUT2D eigenvalue weighted by molar-refractivity contribution is -0.116. The van der Waals surface area contributed by atoms with Gasteiger partial charge in [-0.3, -0.25) is 0 Å². The summed E-state index contributed by atoms with van der Waals surface area (Å²) in [7, 11) is 1.51. The van der Waals surface area contributed by atoms with Crippen molar-refractivity contribution in [2.75, 3.05) is 7.11 Å². The van der Waals surface area contributed by atoms with E-state index in [0.717, 1.165) is 5.56 Å². The molecule has 1 aromatic carbocycles. The first-order valence-corrected chi connectivity index (χ1v) is 4.28. The molecule has 74 valence electrons. The third kappa shape index (κ3) is 1.99. The van der Waals surface area contributed by atoms with Crippen molar-refractivity contribution < 1.29 is 14.3 Å². The molecule has 0 unspecified atom stereocenters. The number of hydrogen-bond acceptors (Lipinski definition) is 3. The van der Waals surface area contributed by atoms with Gasteiger partial charge in [-0.05, 0) is 13.0 Å². The van der Waals surface area contributed by atoms with E-state index in [9.17, 15) is 9.59 Å². The van der Waals surface area contributed by atoms with Crippen molar-refractivity contribution in [1.82, 2.24) is 0 Å². The molecule has 0 spiro atoms. The Balaban J connectivity index is 3.21. The second kappa shape index (κ2) is 4.56. The average molecular weight is 192 g/mol. The van der Waals surface area contributed by atoms with Crippen LogP contribution in [0.25, 0.3) is 0 Å². The molecule has 0 aliphatic carbocycles. The first kappa shape index (κ1) is 10.4. The minimum absolute atomic E-state index is 0.569. The standard InChI is InChI=1S/C11H12O3/c1-8-3-4-11(14-2)10(5-8)9(6-12)7-13/h3-7,9H,1-2H3. The van der Waals surface area contributed by atoms with Gasteiger partial charge in [0.25, 0.3) is 0 Å². The molecule has 0 heterocycles. The van der Waals surface area contributed by atoms with Gasteiger partial charge < -0.3 is 14.3 Å². The van der Waals surface area contributed by atoms with Crippen molar-refractivity contribution in [1.29, 1.82) is 0 Å². The Bertz CT molecular complexity index is 336. The van der Waals surface area contributed by atoms with E-state index in [1.807, 2.05) is 13.0 Å². The highest BCUT2D eigenvalue weighted by Gasteiger charge is 2.14. The molecule has 3 heteroatoms. The summed E-state index contributed by atoms with van der Waals surface area (Å²) in [5.74, 6) is -0.162. The minimum atomic E-state index is -0.732. The molecule has 0 aliphatic rings. The third-order valence-electron chi connectivity index (χ3n) is 2.04. The molecule has 0 radical (unpaired) electrons. The first-order valence-electron chi connectivity index (χ1n) is 4.28. The zero-order valence-electron chi connectivity index (χ0n) is 8.19. The third-order valence-corrected chi connectivity index (χ3v) is 2.04. The van der Waals surface area contributed by atoms with Crippen LogP contribution in [0.2, 0.25) is 0 Å². The highest BCUT2D eigenvalue weighted by molar-refractivity contribution is 5.86. The predicted octanol–water partition coefficient (Wildman–Crippen LogP) is 1.49. The summed E-state index contributed by atoms with van der Waals surface area (Å²) in [6, 6.07) is 5.41. The largest absolute Gasteiger partial charge is 0.496 e. The SMILES string of the molecule is COc1ccc(C)cc1C(C=O)C=O. The summed E-state index contributed by atoms with van der Waals surface area (Å²) in [5.41, 5.74) is 1.62. The van der Waals surface area contributed by atoms with E-state index < -0.39 is 5.92 Å². The van der Waals surface area contributed by atoms with E-state index in [1.54, 1.807) is 12.1 Å². The van der Waals surface area contributed by atoms with Gasteiger partial charge in [-0.2, -0.15) is 0 Å². The molecule has 1 aromatic rings. The van der Waals surface area contributed by atoms with Crippen molar-refractivity contribution in [3.63, 3.8) is 0 Å². The van der Waals surface area contributed by atoms with Gasteiger partial charge in [-0.1, -0.05) is 17.7 Å². The maximum Gasteiger partial charge on any atom is 0.134 e. The lowest BCUT2D eigenvalue weighted by Crippen LogP contribution is -2.04.